The van der Waals surface area contributed by atoms with Crippen LogP contribution in [0.3, 0.4) is 0 Å². The molecular weight excluding hydrogens is 395 g/mol. The first-order valence-electron chi connectivity index (χ1n) is 9.52. The van der Waals surface area contributed by atoms with Gasteiger partial charge in [-0.1, -0.05) is 35.3 Å². The number of amides is 2. The number of benzene rings is 2. The molecule has 0 aromatic heterocycles. The van der Waals surface area contributed by atoms with E-state index >= 15 is 0 Å². The third-order valence-corrected chi connectivity index (χ3v) is 5.66. The van der Waals surface area contributed by atoms with Gasteiger partial charge in [0.25, 0.3) is 5.91 Å². The van der Waals surface area contributed by atoms with E-state index in [0.717, 1.165) is 31.0 Å². The minimum absolute atomic E-state index is 0.0819. The average Bonchev–Trinajstić information content (AvgIpc) is 2.69. The summed E-state index contributed by atoms with van der Waals surface area (Å²) in [7, 11) is 0. The molecule has 1 atom stereocenters. The Kier molecular flexibility index (Phi) is 6.97. The van der Waals surface area contributed by atoms with Crippen LogP contribution >= 0.6 is 23.2 Å². The quantitative estimate of drug-likeness (QED) is 0.749. The van der Waals surface area contributed by atoms with E-state index in [1.807, 2.05) is 24.0 Å². The van der Waals surface area contributed by atoms with Gasteiger partial charge in [0.05, 0.1) is 0 Å². The second-order valence-electron chi connectivity index (χ2n) is 7.29. The molecule has 2 amide bonds. The Balaban J connectivity index is 1.46. The maximum Gasteiger partial charge on any atom is 0.251 e. The molecule has 1 fully saturated rings. The van der Waals surface area contributed by atoms with Crippen molar-refractivity contribution in [1.82, 2.24) is 10.2 Å². The van der Waals surface area contributed by atoms with Crippen LogP contribution in [0.25, 0.3) is 0 Å². The molecule has 6 heteroatoms. The Morgan fingerprint density at radius 1 is 1.00 bits per heavy atom. The summed E-state index contributed by atoms with van der Waals surface area (Å²) in [6.45, 7) is 3.33. The average molecular weight is 419 g/mol. The first kappa shape index (κ1) is 20.7. The lowest BCUT2D eigenvalue weighted by Gasteiger charge is -2.33. The van der Waals surface area contributed by atoms with Gasteiger partial charge in [-0.05, 0) is 67.6 Å². The van der Waals surface area contributed by atoms with Gasteiger partial charge >= 0.3 is 0 Å². The molecular formula is C22H24Cl2N2O2. The molecule has 1 aliphatic rings. The molecule has 2 aromatic carbocycles. The van der Waals surface area contributed by atoms with Crippen molar-refractivity contribution >= 4 is 35.0 Å². The number of hydrogen-bond donors (Lipinski definition) is 1. The lowest BCUT2D eigenvalue weighted by atomic mass is 9.89. The molecule has 0 bridgehead atoms. The lowest BCUT2D eigenvalue weighted by Crippen LogP contribution is -2.42. The highest BCUT2D eigenvalue weighted by Crippen LogP contribution is 2.29. The fourth-order valence-electron chi connectivity index (χ4n) is 3.55. The van der Waals surface area contributed by atoms with E-state index in [2.05, 4.69) is 17.4 Å². The van der Waals surface area contributed by atoms with Crippen LogP contribution in [0.1, 0.15) is 48.0 Å². The Hall–Kier alpha value is -2.04. The van der Waals surface area contributed by atoms with E-state index in [9.17, 15) is 9.59 Å². The number of likely N-dealkylation sites (tertiary alicyclic amines) is 1. The summed E-state index contributed by atoms with van der Waals surface area (Å²) in [6.07, 6.45) is 2.18. The fraction of sp³-hybridized carbons (Fsp3) is 0.364. The van der Waals surface area contributed by atoms with Gasteiger partial charge in [-0.25, -0.2) is 0 Å². The number of rotatable bonds is 5. The van der Waals surface area contributed by atoms with Gasteiger partial charge in [-0.3, -0.25) is 9.59 Å². The molecule has 1 unspecified atom stereocenters. The van der Waals surface area contributed by atoms with E-state index in [4.69, 9.17) is 23.2 Å². The van der Waals surface area contributed by atoms with E-state index in [0.29, 0.717) is 22.9 Å². The third-order valence-electron chi connectivity index (χ3n) is 5.15. The minimum Gasteiger partial charge on any atom is -0.349 e. The number of piperidine rings is 1. The Morgan fingerprint density at radius 3 is 2.11 bits per heavy atom. The van der Waals surface area contributed by atoms with Gasteiger partial charge in [0.15, 0.2) is 0 Å². The molecule has 2 aromatic rings. The molecule has 0 saturated carbocycles. The summed E-state index contributed by atoms with van der Waals surface area (Å²) in [5.74, 6) is 0.347. The monoisotopic (exact) mass is 418 g/mol. The summed E-state index contributed by atoms with van der Waals surface area (Å²) in [5.41, 5.74) is 1.81. The van der Waals surface area contributed by atoms with Gasteiger partial charge < -0.3 is 10.2 Å². The highest BCUT2D eigenvalue weighted by atomic mass is 35.5. The van der Waals surface area contributed by atoms with Gasteiger partial charge in [0, 0.05) is 41.2 Å². The van der Waals surface area contributed by atoms with E-state index in [-0.39, 0.29) is 17.9 Å². The first-order chi connectivity index (χ1) is 13.4. The van der Waals surface area contributed by atoms with Crippen LogP contribution in [0.4, 0.5) is 0 Å². The molecule has 1 saturated heterocycles. The molecule has 1 heterocycles. The minimum atomic E-state index is -0.232. The summed E-state index contributed by atoms with van der Waals surface area (Å²) >= 11 is 11.8. The van der Waals surface area contributed by atoms with Gasteiger partial charge in [-0.2, -0.15) is 0 Å². The molecule has 0 spiro atoms. The largest absolute Gasteiger partial charge is 0.349 e. The molecule has 0 aliphatic carbocycles. The predicted molar refractivity (Wildman–Crippen MR) is 113 cm³/mol. The van der Waals surface area contributed by atoms with Crippen LogP contribution in [0, 0.1) is 0 Å². The number of nitrogens with zero attached hydrogens (tertiary/aromatic N) is 1. The van der Waals surface area contributed by atoms with Gasteiger partial charge in [0.1, 0.15) is 0 Å². The predicted octanol–water partition coefficient (Wildman–Crippen LogP) is 4.91. The maximum absolute atomic E-state index is 12.6. The molecule has 4 nitrogen and oxygen atoms in total. The van der Waals surface area contributed by atoms with Crippen LogP contribution in [0.5, 0.6) is 0 Å². The Bertz CT molecular complexity index is 813. The summed E-state index contributed by atoms with van der Waals surface area (Å²) in [5, 5.41) is 4.21. The van der Waals surface area contributed by atoms with Crippen molar-refractivity contribution < 1.29 is 9.59 Å². The topological polar surface area (TPSA) is 49.4 Å². The maximum atomic E-state index is 12.6. The zero-order chi connectivity index (χ0) is 20.1. The number of halogens is 2. The lowest BCUT2D eigenvalue weighted by molar-refractivity contribution is -0.132. The van der Waals surface area contributed by atoms with E-state index in [1.165, 1.54) is 5.56 Å². The smallest absolute Gasteiger partial charge is 0.251 e. The van der Waals surface area contributed by atoms with E-state index < -0.39 is 0 Å². The molecule has 148 valence electrons. The summed E-state index contributed by atoms with van der Waals surface area (Å²) in [6, 6.07) is 14.4. The SMILES string of the molecule is CC(CC(=O)N1CCC(c2ccc(Cl)cc2)CC1)NC(=O)c1ccc(Cl)cc1. The summed E-state index contributed by atoms with van der Waals surface area (Å²) < 4.78 is 0. The van der Waals surface area contributed by atoms with E-state index in [1.54, 1.807) is 24.3 Å². The standard InChI is InChI=1S/C22H24Cl2N2O2/c1-15(25-22(28)18-4-8-20(24)9-5-18)14-21(27)26-12-10-17(11-13-26)16-2-6-19(23)7-3-16/h2-9,15,17H,10-14H2,1H3,(H,25,28). The Labute approximate surface area is 175 Å². The van der Waals surface area contributed by atoms with Crippen LogP contribution in [-0.2, 0) is 4.79 Å². The highest BCUT2D eigenvalue weighted by molar-refractivity contribution is 6.30. The van der Waals surface area contributed by atoms with Crippen molar-refractivity contribution in [2.75, 3.05) is 13.1 Å². The number of nitrogens with one attached hydrogen (secondary N) is 1. The highest BCUT2D eigenvalue weighted by Gasteiger charge is 2.25. The molecule has 3 rings (SSSR count). The zero-order valence-electron chi connectivity index (χ0n) is 15.8. The van der Waals surface area contributed by atoms with Gasteiger partial charge in [-0.15, -0.1) is 0 Å². The molecule has 1 aliphatic heterocycles. The van der Waals surface area contributed by atoms with Crippen LogP contribution in [0.15, 0.2) is 48.5 Å². The van der Waals surface area contributed by atoms with Crippen molar-refractivity contribution in [2.45, 2.75) is 38.1 Å². The second kappa shape index (κ2) is 9.44. The third kappa shape index (κ3) is 5.49. The zero-order valence-corrected chi connectivity index (χ0v) is 17.3. The number of carbonyl (C=O) groups is 2. The first-order valence-corrected chi connectivity index (χ1v) is 10.3. The summed E-state index contributed by atoms with van der Waals surface area (Å²) in [4.78, 5) is 26.8. The molecule has 1 N–H and O–H groups in total. The Morgan fingerprint density at radius 2 is 1.54 bits per heavy atom. The normalized spacial score (nSPS) is 15.9. The van der Waals surface area contributed by atoms with Crippen LogP contribution in [0.2, 0.25) is 10.0 Å². The van der Waals surface area contributed by atoms with Crippen molar-refractivity contribution in [2.24, 2.45) is 0 Å². The van der Waals surface area contributed by atoms with Crippen molar-refractivity contribution in [3.63, 3.8) is 0 Å². The number of carbonyl (C=O) groups excluding carboxylic acids is 2. The van der Waals surface area contributed by atoms with Crippen LogP contribution in [-0.4, -0.2) is 35.8 Å². The second-order valence-corrected chi connectivity index (χ2v) is 8.17. The van der Waals surface area contributed by atoms with Gasteiger partial charge in [0.2, 0.25) is 5.91 Å². The van der Waals surface area contributed by atoms with Crippen molar-refractivity contribution in [3.8, 4) is 0 Å². The van der Waals surface area contributed by atoms with Crippen molar-refractivity contribution in [3.05, 3.63) is 69.7 Å². The van der Waals surface area contributed by atoms with Crippen molar-refractivity contribution in [1.29, 1.82) is 0 Å². The fourth-order valence-corrected chi connectivity index (χ4v) is 3.80. The molecule has 28 heavy (non-hydrogen) atoms. The molecule has 0 radical (unpaired) electrons. The number of hydrogen-bond acceptors (Lipinski definition) is 2. The van der Waals surface area contributed by atoms with Crippen LogP contribution < -0.4 is 5.32 Å².